The Morgan fingerprint density at radius 3 is 2.76 bits per heavy atom. The second-order valence-electron chi connectivity index (χ2n) is 4.50. The number of hydrogen-bond acceptors (Lipinski definition) is 7. The zero-order chi connectivity index (χ0) is 15.3. The minimum absolute atomic E-state index is 0.00785. The standard InChI is InChI=1S/C11H18ClN5O3S/c12-10-7-9(8-14-11(10)16-13)21(18,19)15-1-2-17-3-5-20-6-4-17/h7-8,15H,1-6,13H2,(H,14,16). The van der Waals surface area contributed by atoms with Crippen molar-refractivity contribution < 1.29 is 13.2 Å². The van der Waals surface area contributed by atoms with Crippen molar-refractivity contribution >= 4 is 27.4 Å². The highest BCUT2D eigenvalue weighted by molar-refractivity contribution is 7.89. The molecule has 0 aromatic carbocycles. The molecule has 0 spiro atoms. The fourth-order valence-corrected chi connectivity index (χ4v) is 3.20. The van der Waals surface area contributed by atoms with E-state index in [0.717, 1.165) is 13.1 Å². The monoisotopic (exact) mass is 335 g/mol. The summed E-state index contributed by atoms with van der Waals surface area (Å²) in [5, 5.41) is 0.147. The summed E-state index contributed by atoms with van der Waals surface area (Å²) in [4.78, 5) is 5.99. The lowest BCUT2D eigenvalue weighted by Crippen LogP contribution is -2.41. The van der Waals surface area contributed by atoms with Gasteiger partial charge in [-0.05, 0) is 6.07 Å². The van der Waals surface area contributed by atoms with E-state index in [4.69, 9.17) is 22.2 Å². The summed E-state index contributed by atoms with van der Waals surface area (Å²) in [6.45, 7) is 3.93. The van der Waals surface area contributed by atoms with E-state index in [2.05, 4.69) is 20.0 Å². The number of pyridine rings is 1. The van der Waals surface area contributed by atoms with Crippen molar-refractivity contribution in [2.24, 2.45) is 5.84 Å². The molecule has 1 aromatic heterocycles. The number of sulfonamides is 1. The average molecular weight is 336 g/mol. The third kappa shape index (κ3) is 4.50. The zero-order valence-electron chi connectivity index (χ0n) is 11.4. The number of rotatable bonds is 6. The van der Waals surface area contributed by atoms with Gasteiger partial charge in [-0.15, -0.1) is 0 Å². The molecule has 4 N–H and O–H groups in total. The van der Waals surface area contributed by atoms with E-state index < -0.39 is 10.0 Å². The Kier molecular flexibility index (Phi) is 5.73. The molecule has 2 heterocycles. The maximum atomic E-state index is 12.1. The summed E-state index contributed by atoms with van der Waals surface area (Å²) in [6.07, 6.45) is 1.21. The molecule has 118 valence electrons. The van der Waals surface area contributed by atoms with Crippen LogP contribution < -0.4 is 16.0 Å². The number of nitrogens with one attached hydrogen (secondary N) is 2. The quantitative estimate of drug-likeness (QED) is 0.480. The van der Waals surface area contributed by atoms with Crippen molar-refractivity contribution in [2.75, 3.05) is 44.8 Å². The summed E-state index contributed by atoms with van der Waals surface area (Å²) in [7, 11) is -3.63. The van der Waals surface area contributed by atoms with E-state index in [1.165, 1.54) is 12.3 Å². The van der Waals surface area contributed by atoms with Gasteiger partial charge in [0.05, 0.1) is 18.2 Å². The maximum Gasteiger partial charge on any atom is 0.242 e. The normalized spacial score (nSPS) is 16.9. The first-order valence-electron chi connectivity index (χ1n) is 6.45. The van der Waals surface area contributed by atoms with Crippen molar-refractivity contribution in [3.05, 3.63) is 17.3 Å². The molecular weight excluding hydrogens is 318 g/mol. The van der Waals surface area contributed by atoms with Crippen LogP contribution in [0.5, 0.6) is 0 Å². The van der Waals surface area contributed by atoms with Gasteiger partial charge in [-0.3, -0.25) is 4.90 Å². The van der Waals surface area contributed by atoms with E-state index in [-0.39, 0.29) is 15.7 Å². The molecular formula is C11H18ClN5O3S. The largest absolute Gasteiger partial charge is 0.379 e. The third-order valence-electron chi connectivity index (χ3n) is 3.09. The molecule has 0 aliphatic carbocycles. The predicted molar refractivity (Wildman–Crippen MR) is 79.5 cm³/mol. The van der Waals surface area contributed by atoms with Crippen LogP contribution in [0.15, 0.2) is 17.2 Å². The molecule has 1 aromatic rings. The number of nitrogen functional groups attached to an aromatic ring is 1. The van der Waals surface area contributed by atoms with Gasteiger partial charge in [0.1, 0.15) is 4.90 Å². The van der Waals surface area contributed by atoms with E-state index in [0.29, 0.717) is 26.3 Å². The lowest BCUT2D eigenvalue weighted by Gasteiger charge is -2.26. The van der Waals surface area contributed by atoms with Gasteiger partial charge in [0.25, 0.3) is 0 Å². The van der Waals surface area contributed by atoms with Crippen molar-refractivity contribution in [3.8, 4) is 0 Å². The number of nitrogens with two attached hydrogens (primary N) is 1. The van der Waals surface area contributed by atoms with Gasteiger partial charge in [0, 0.05) is 32.4 Å². The van der Waals surface area contributed by atoms with Crippen molar-refractivity contribution in [1.29, 1.82) is 0 Å². The van der Waals surface area contributed by atoms with Crippen LogP contribution >= 0.6 is 11.6 Å². The minimum Gasteiger partial charge on any atom is -0.379 e. The number of halogens is 1. The molecule has 0 unspecified atom stereocenters. The van der Waals surface area contributed by atoms with Crippen LogP contribution in [0.25, 0.3) is 0 Å². The minimum atomic E-state index is -3.63. The molecule has 0 amide bonds. The number of hydrazine groups is 1. The highest BCUT2D eigenvalue weighted by Crippen LogP contribution is 2.21. The Morgan fingerprint density at radius 2 is 2.14 bits per heavy atom. The van der Waals surface area contributed by atoms with Gasteiger partial charge in [0.15, 0.2) is 5.82 Å². The lowest BCUT2D eigenvalue weighted by molar-refractivity contribution is 0.0390. The van der Waals surface area contributed by atoms with Gasteiger partial charge in [-0.2, -0.15) is 0 Å². The second kappa shape index (κ2) is 7.34. The first kappa shape index (κ1) is 16.4. The number of morpholine rings is 1. The molecule has 10 heteroatoms. The molecule has 0 atom stereocenters. The number of ether oxygens (including phenoxy) is 1. The maximum absolute atomic E-state index is 12.1. The Balaban J connectivity index is 1.93. The highest BCUT2D eigenvalue weighted by Gasteiger charge is 2.17. The molecule has 0 radical (unpaired) electrons. The topological polar surface area (TPSA) is 110 Å². The molecule has 2 rings (SSSR count). The fourth-order valence-electron chi connectivity index (χ4n) is 1.92. The molecule has 1 fully saturated rings. The second-order valence-corrected chi connectivity index (χ2v) is 6.67. The molecule has 0 bridgehead atoms. The van der Waals surface area contributed by atoms with Crippen LogP contribution in [-0.2, 0) is 14.8 Å². The third-order valence-corrected chi connectivity index (χ3v) is 4.80. The van der Waals surface area contributed by atoms with Crippen LogP contribution in [0.4, 0.5) is 5.82 Å². The first-order chi connectivity index (χ1) is 10.0. The summed E-state index contributed by atoms with van der Waals surface area (Å²) in [5.74, 6) is 5.42. The first-order valence-corrected chi connectivity index (χ1v) is 8.31. The molecule has 0 saturated carbocycles. The Bertz CT molecular complexity index is 577. The van der Waals surface area contributed by atoms with E-state index in [9.17, 15) is 8.42 Å². The predicted octanol–water partition coefficient (Wildman–Crippen LogP) is -0.369. The van der Waals surface area contributed by atoms with Gasteiger partial charge >= 0.3 is 0 Å². The van der Waals surface area contributed by atoms with Gasteiger partial charge in [0.2, 0.25) is 10.0 Å². The van der Waals surface area contributed by atoms with Gasteiger partial charge in [-0.1, -0.05) is 11.6 Å². The number of anilines is 1. The molecule has 1 saturated heterocycles. The number of nitrogens with zero attached hydrogens (tertiary/aromatic N) is 2. The van der Waals surface area contributed by atoms with Gasteiger partial charge < -0.3 is 10.2 Å². The SMILES string of the molecule is NNc1ncc(S(=O)(=O)NCCN2CCOCC2)cc1Cl. The van der Waals surface area contributed by atoms with Crippen molar-refractivity contribution in [2.45, 2.75) is 4.90 Å². The molecule has 1 aliphatic heterocycles. The summed E-state index contributed by atoms with van der Waals surface area (Å²) in [6, 6.07) is 1.31. The highest BCUT2D eigenvalue weighted by atomic mass is 35.5. The van der Waals surface area contributed by atoms with Crippen molar-refractivity contribution in [3.63, 3.8) is 0 Å². The van der Waals surface area contributed by atoms with Gasteiger partial charge in [-0.25, -0.2) is 24.0 Å². The zero-order valence-corrected chi connectivity index (χ0v) is 13.0. The lowest BCUT2D eigenvalue weighted by atomic mass is 10.4. The summed E-state index contributed by atoms with van der Waals surface area (Å²) >= 11 is 5.87. The number of hydrogen-bond donors (Lipinski definition) is 3. The summed E-state index contributed by atoms with van der Waals surface area (Å²) in [5.41, 5.74) is 2.28. The Morgan fingerprint density at radius 1 is 1.43 bits per heavy atom. The summed E-state index contributed by atoms with van der Waals surface area (Å²) < 4.78 is 32.0. The van der Waals surface area contributed by atoms with E-state index >= 15 is 0 Å². The molecule has 1 aliphatic rings. The van der Waals surface area contributed by atoms with Crippen LogP contribution in [-0.4, -0.2) is 57.7 Å². The average Bonchev–Trinajstić information content (AvgIpc) is 2.48. The smallest absolute Gasteiger partial charge is 0.242 e. The van der Waals surface area contributed by atoms with Crippen LogP contribution in [0.1, 0.15) is 0 Å². The number of aromatic nitrogens is 1. The Labute approximate surface area is 128 Å². The van der Waals surface area contributed by atoms with Crippen LogP contribution in [0.2, 0.25) is 5.02 Å². The fraction of sp³-hybridized carbons (Fsp3) is 0.545. The van der Waals surface area contributed by atoms with Crippen LogP contribution in [0, 0.1) is 0 Å². The Hall–Kier alpha value is -0.970. The van der Waals surface area contributed by atoms with Crippen LogP contribution in [0.3, 0.4) is 0 Å². The van der Waals surface area contributed by atoms with E-state index in [1.807, 2.05) is 0 Å². The molecule has 8 nitrogen and oxygen atoms in total. The van der Waals surface area contributed by atoms with Crippen molar-refractivity contribution in [1.82, 2.24) is 14.6 Å². The molecule has 21 heavy (non-hydrogen) atoms. The van der Waals surface area contributed by atoms with E-state index in [1.54, 1.807) is 0 Å².